The highest BCUT2D eigenvalue weighted by Crippen LogP contribution is 2.36. The number of nitrogens with two attached hydrogens (primary N) is 1. The van der Waals surface area contributed by atoms with Gasteiger partial charge in [0.05, 0.1) is 0 Å². The largest absolute Gasteiger partial charge is 0.325 e. The number of aromatic nitrogens is 4. The summed E-state index contributed by atoms with van der Waals surface area (Å²) in [7, 11) is 0. The van der Waals surface area contributed by atoms with Gasteiger partial charge in [-0.1, -0.05) is 0 Å². The lowest BCUT2D eigenvalue weighted by atomic mass is 10.1. The molecule has 2 aromatic rings. The van der Waals surface area contributed by atoms with Crippen LogP contribution in [0.1, 0.15) is 25.1 Å². The minimum atomic E-state index is 0.0701. The summed E-state index contributed by atoms with van der Waals surface area (Å²) in [5.74, 6) is 0.905. The van der Waals surface area contributed by atoms with Crippen molar-refractivity contribution in [1.29, 1.82) is 0 Å². The monoisotopic (exact) mass is 203 g/mol. The lowest BCUT2D eigenvalue weighted by Crippen LogP contribution is -2.22. The van der Waals surface area contributed by atoms with Crippen LogP contribution in [0.3, 0.4) is 0 Å². The van der Waals surface area contributed by atoms with Gasteiger partial charge in [-0.2, -0.15) is 9.61 Å². The van der Waals surface area contributed by atoms with Crippen molar-refractivity contribution in [2.75, 3.05) is 0 Å². The van der Waals surface area contributed by atoms with Crippen LogP contribution >= 0.6 is 0 Å². The van der Waals surface area contributed by atoms with Gasteiger partial charge in [0.25, 0.3) is 0 Å². The molecule has 78 valence electrons. The first-order valence-corrected chi connectivity index (χ1v) is 5.21. The molecule has 0 aliphatic heterocycles. The van der Waals surface area contributed by atoms with E-state index in [0.29, 0.717) is 0 Å². The van der Waals surface area contributed by atoms with Crippen molar-refractivity contribution >= 4 is 5.65 Å². The Balaban J connectivity index is 1.84. The molecule has 0 aromatic carbocycles. The van der Waals surface area contributed by atoms with Gasteiger partial charge in [0.15, 0.2) is 11.5 Å². The number of hydrogen-bond donors (Lipinski definition) is 1. The molecule has 0 bridgehead atoms. The Bertz CT molecular complexity index is 485. The number of rotatable bonds is 3. The topological polar surface area (TPSA) is 69.1 Å². The van der Waals surface area contributed by atoms with Gasteiger partial charge in [-0.05, 0) is 31.4 Å². The zero-order valence-corrected chi connectivity index (χ0v) is 8.43. The molecule has 2 heterocycles. The van der Waals surface area contributed by atoms with Gasteiger partial charge in [-0.3, -0.25) is 0 Å². The van der Waals surface area contributed by atoms with Crippen LogP contribution in [0.25, 0.3) is 5.65 Å². The predicted molar refractivity (Wildman–Crippen MR) is 55.3 cm³/mol. The summed E-state index contributed by atoms with van der Waals surface area (Å²) in [6, 6.07) is 3.76. The molecular weight excluding hydrogens is 190 g/mol. The van der Waals surface area contributed by atoms with Crippen LogP contribution in [-0.2, 0) is 6.42 Å². The lowest BCUT2D eigenvalue weighted by Gasteiger charge is -2.05. The summed E-state index contributed by atoms with van der Waals surface area (Å²) in [6.07, 6.45) is 5.85. The van der Waals surface area contributed by atoms with Crippen LogP contribution < -0.4 is 5.73 Å². The van der Waals surface area contributed by atoms with E-state index < -0.39 is 0 Å². The second-order valence-electron chi connectivity index (χ2n) is 4.27. The molecule has 5 heteroatoms. The molecular formula is C10H13N5. The summed E-state index contributed by atoms with van der Waals surface area (Å²) in [5.41, 5.74) is 6.90. The second-order valence-corrected chi connectivity index (χ2v) is 4.27. The number of nitrogens with zero attached hydrogens (tertiary/aromatic N) is 4. The van der Waals surface area contributed by atoms with Gasteiger partial charge in [-0.25, -0.2) is 0 Å². The van der Waals surface area contributed by atoms with E-state index in [1.807, 2.05) is 12.1 Å². The first-order chi connectivity index (χ1) is 7.27. The van der Waals surface area contributed by atoms with Crippen molar-refractivity contribution in [3.63, 3.8) is 0 Å². The predicted octanol–water partition coefficient (Wildman–Crippen LogP) is 0.548. The maximum Gasteiger partial charge on any atom is 0.177 e. The Labute approximate surface area is 87.3 Å². The summed E-state index contributed by atoms with van der Waals surface area (Å²) in [6.45, 7) is 0. The van der Waals surface area contributed by atoms with Gasteiger partial charge in [0, 0.05) is 18.2 Å². The van der Waals surface area contributed by atoms with E-state index in [9.17, 15) is 0 Å². The van der Waals surface area contributed by atoms with Crippen molar-refractivity contribution < 1.29 is 0 Å². The van der Waals surface area contributed by atoms with Crippen molar-refractivity contribution in [1.82, 2.24) is 19.8 Å². The SMILES string of the molecule is NC1(CCc2nnc3cccnn23)CC1. The van der Waals surface area contributed by atoms with Gasteiger partial charge < -0.3 is 5.73 Å². The lowest BCUT2D eigenvalue weighted by molar-refractivity contribution is 0.588. The number of aryl methyl sites for hydroxylation is 1. The second kappa shape index (κ2) is 3.00. The van der Waals surface area contributed by atoms with Crippen LogP contribution in [0.4, 0.5) is 0 Å². The summed E-state index contributed by atoms with van der Waals surface area (Å²) < 4.78 is 1.78. The minimum Gasteiger partial charge on any atom is -0.325 e. The van der Waals surface area contributed by atoms with Crippen LogP contribution in [0.5, 0.6) is 0 Å². The summed E-state index contributed by atoms with van der Waals surface area (Å²) in [5, 5.41) is 12.4. The van der Waals surface area contributed by atoms with Crippen LogP contribution in [0, 0.1) is 0 Å². The van der Waals surface area contributed by atoms with Crippen molar-refractivity contribution in [3.8, 4) is 0 Å². The molecule has 3 rings (SSSR count). The number of hydrogen-bond acceptors (Lipinski definition) is 4. The molecule has 0 spiro atoms. The average Bonchev–Trinajstić information content (AvgIpc) is 2.86. The Morgan fingerprint density at radius 2 is 2.27 bits per heavy atom. The maximum absolute atomic E-state index is 6.03. The van der Waals surface area contributed by atoms with Crippen molar-refractivity contribution in [2.45, 2.75) is 31.2 Å². The van der Waals surface area contributed by atoms with E-state index in [0.717, 1.165) is 37.2 Å². The third-order valence-corrected chi connectivity index (χ3v) is 2.98. The van der Waals surface area contributed by atoms with E-state index in [1.54, 1.807) is 10.7 Å². The first kappa shape index (κ1) is 8.79. The quantitative estimate of drug-likeness (QED) is 0.790. The zero-order valence-electron chi connectivity index (χ0n) is 8.43. The molecule has 2 aromatic heterocycles. The van der Waals surface area contributed by atoms with E-state index >= 15 is 0 Å². The van der Waals surface area contributed by atoms with Gasteiger partial charge >= 0.3 is 0 Å². The molecule has 0 radical (unpaired) electrons. The van der Waals surface area contributed by atoms with E-state index in [2.05, 4.69) is 15.3 Å². The molecule has 1 fully saturated rings. The van der Waals surface area contributed by atoms with E-state index in [-0.39, 0.29) is 5.54 Å². The van der Waals surface area contributed by atoms with Crippen LogP contribution in [0.2, 0.25) is 0 Å². The Morgan fingerprint density at radius 3 is 3.07 bits per heavy atom. The molecule has 0 amide bonds. The maximum atomic E-state index is 6.03. The molecule has 1 aliphatic rings. The Kier molecular flexibility index (Phi) is 1.76. The summed E-state index contributed by atoms with van der Waals surface area (Å²) >= 11 is 0. The van der Waals surface area contributed by atoms with Crippen molar-refractivity contribution in [3.05, 3.63) is 24.2 Å². The van der Waals surface area contributed by atoms with Gasteiger partial charge in [0.2, 0.25) is 0 Å². The first-order valence-electron chi connectivity index (χ1n) is 5.21. The normalized spacial score (nSPS) is 18.2. The molecule has 15 heavy (non-hydrogen) atoms. The molecule has 2 N–H and O–H groups in total. The highest BCUT2D eigenvalue weighted by molar-refractivity contribution is 5.34. The van der Waals surface area contributed by atoms with Gasteiger partial charge in [-0.15, -0.1) is 10.2 Å². The smallest absolute Gasteiger partial charge is 0.177 e. The molecule has 0 atom stereocenters. The fourth-order valence-electron chi connectivity index (χ4n) is 1.72. The Morgan fingerprint density at radius 1 is 1.40 bits per heavy atom. The van der Waals surface area contributed by atoms with Crippen LogP contribution in [-0.4, -0.2) is 25.4 Å². The standard InChI is InChI=1S/C10H13N5/c11-10(5-6-10)4-3-9-14-13-8-2-1-7-12-15(8)9/h1-2,7H,3-6,11H2. The average molecular weight is 203 g/mol. The highest BCUT2D eigenvalue weighted by Gasteiger charge is 2.37. The van der Waals surface area contributed by atoms with Crippen molar-refractivity contribution in [2.24, 2.45) is 5.73 Å². The third-order valence-electron chi connectivity index (χ3n) is 2.98. The van der Waals surface area contributed by atoms with Gasteiger partial charge in [0.1, 0.15) is 0 Å². The Hall–Kier alpha value is -1.49. The molecule has 0 saturated heterocycles. The number of fused-ring (bicyclic) bond motifs is 1. The molecule has 1 aliphatic carbocycles. The molecule has 5 nitrogen and oxygen atoms in total. The molecule has 1 saturated carbocycles. The summed E-state index contributed by atoms with van der Waals surface area (Å²) in [4.78, 5) is 0. The fourth-order valence-corrected chi connectivity index (χ4v) is 1.72. The fraction of sp³-hybridized carbons (Fsp3) is 0.500. The highest BCUT2D eigenvalue weighted by atomic mass is 15.4. The third kappa shape index (κ3) is 1.59. The zero-order chi connectivity index (χ0) is 10.3. The molecule has 0 unspecified atom stereocenters. The minimum absolute atomic E-state index is 0.0701. The van der Waals surface area contributed by atoms with E-state index in [1.165, 1.54) is 0 Å². The van der Waals surface area contributed by atoms with E-state index in [4.69, 9.17) is 5.73 Å². The van der Waals surface area contributed by atoms with Crippen LogP contribution in [0.15, 0.2) is 18.3 Å².